The molecule has 6 nitrogen and oxygen atoms in total. The first-order chi connectivity index (χ1) is 11.4. The van der Waals surface area contributed by atoms with Crippen molar-refractivity contribution in [3.05, 3.63) is 71.0 Å². The van der Waals surface area contributed by atoms with Gasteiger partial charge in [0.15, 0.2) is 0 Å². The summed E-state index contributed by atoms with van der Waals surface area (Å²) in [4.78, 5) is 4.15. The zero-order chi connectivity index (χ0) is 17.2. The zero-order valence-corrected chi connectivity index (χ0v) is 14.4. The van der Waals surface area contributed by atoms with E-state index in [1.54, 1.807) is 30.3 Å². The van der Waals surface area contributed by atoms with Crippen LogP contribution < -0.4 is 4.72 Å². The van der Waals surface area contributed by atoms with Crippen molar-refractivity contribution in [2.75, 3.05) is 4.72 Å². The number of aryl methyl sites for hydroxylation is 1. The van der Waals surface area contributed by atoms with Crippen LogP contribution in [0.5, 0.6) is 0 Å². The highest BCUT2D eigenvalue weighted by molar-refractivity contribution is 7.92. The van der Waals surface area contributed by atoms with Crippen LogP contribution in [0.1, 0.15) is 11.1 Å². The Labute approximate surface area is 145 Å². The first kappa shape index (κ1) is 16.5. The van der Waals surface area contributed by atoms with Crippen LogP contribution in [0, 0.1) is 6.92 Å². The highest BCUT2D eigenvalue weighted by atomic mass is 35.5. The number of hydrogen-bond acceptors (Lipinski definition) is 4. The molecule has 0 radical (unpaired) electrons. The molecule has 0 atom stereocenters. The smallest absolute Gasteiger partial charge is 0.246 e. The normalized spacial score (nSPS) is 11.4. The Morgan fingerprint density at radius 3 is 2.54 bits per heavy atom. The summed E-state index contributed by atoms with van der Waals surface area (Å²) in [5.41, 5.74) is 1.85. The molecule has 1 N–H and O–H groups in total. The number of anilines is 1. The predicted molar refractivity (Wildman–Crippen MR) is 92.6 cm³/mol. The first-order valence-electron chi connectivity index (χ1n) is 7.16. The SMILES string of the molecule is Cc1ccc(S(=O)(=O)Nc2ncn(Cc3ccccc3Cl)n2)cc1. The first-order valence-corrected chi connectivity index (χ1v) is 9.02. The van der Waals surface area contributed by atoms with E-state index in [1.807, 2.05) is 25.1 Å². The molecule has 1 aromatic heterocycles. The number of sulfonamides is 1. The fraction of sp³-hybridized carbons (Fsp3) is 0.125. The molecule has 0 aliphatic carbocycles. The van der Waals surface area contributed by atoms with Crippen molar-refractivity contribution in [1.29, 1.82) is 0 Å². The quantitative estimate of drug-likeness (QED) is 0.756. The van der Waals surface area contributed by atoms with Gasteiger partial charge in [-0.3, -0.25) is 0 Å². The van der Waals surface area contributed by atoms with Crippen LogP contribution in [0.4, 0.5) is 5.95 Å². The van der Waals surface area contributed by atoms with Gasteiger partial charge in [-0.25, -0.2) is 17.8 Å². The minimum Gasteiger partial charge on any atom is -0.246 e. The average Bonchev–Trinajstić information content (AvgIpc) is 2.96. The third kappa shape index (κ3) is 3.74. The third-order valence-electron chi connectivity index (χ3n) is 3.38. The summed E-state index contributed by atoms with van der Waals surface area (Å²) in [7, 11) is -3.71. The van der Waals surface area contributed by atoms with E-state index in [0.717, 1.165) is 11.1 Å². The largest absolute Gasteiger partial charge is 0.264 e. The second-order valence-electron chi connectivity index (χ2n) is 5.28. The Balaban J connectivity index is 1.76. The van der Waals surface area contributed by atoms with E-state index in [-0.39, 0.29) is 10.8 Å². The van der Waals surface area contributed by atoms with Gasteiger partial charge in [0.1, 0.15) is 6.33 Å². The van der Waals surface area contributed by atoms with Crippen molar-refractivity contribution in [3.8, 4) is 0 Å². The number of hydrogen-bond donors (Lipinski definition) is 1. The summed E-state index contributed by atoms with van der Waals surface area (Å²) in [6, 6.07) is 13.9. The molecule has 0 amide bonds. The molecule has 0 unspecified atom stereocenters. The van der Waals surface area contributed by atoms with Gasteiger partial charge < -0.3 is 0 Å². The lowest BCUT2D eigenvalue weighted by Gasteiger charge is -2.05. The predicted octanol–water partition coefficient (Wildman–Crippen LogP) is 3.09. The zero-order valence-electron chi connectivity index (χ0n) is 12.8. The maximum Gasteiger partial charge on any atom is 0.264 e. The van der Waals surface area contributed by atoms with Gasteiger partial charge in [0.2, 0.25) is 0 Å². The number of rotatable bonds is 5. The standard InChI is InChI=1S/C16H15ClN4O2S/c1-12-6-8-14(9-7-12)24(22,23)20-16-18-11-21(19-16)10-13-4-2-3-5-15(13)17/h2-9,11H,10H2,1H3,(H,19,20). The Morgan fingerprint density at radius 1 is 1.12 bits per heavy atom. The summed E-state index contributed by atoms with van der Waals surface area (Å²) >= 11 is 6.11. The molecule has 2 aromatic carbocycles. The Kier molecular flexibility index (Phi) is 4.55. The highest BCUT2D eigenvalue weighted by Gasteiger charge is 2.16. The number of benzene rings is 2. The van der Waals surface area contributed by atoms with Gasteiger partial charge in [0.25, 0.3) is 16.0 Å². The number of nitrogens with one attached hydrogen (secondary N) is 1. The van der Waals surface area contributed by atoms with Crippen molar-refractivity contribution in [2.24, 2.45) is 0 Å². The minimum atomic E-state index is -3.71. The molecule has 0 saturated heterocycles. The molecule has 3 rings (SSSR count). The maximum absolute atomic E-state index is 12.3. The Bertz CT molecular complexity index is 952. The molecule has 0 saturated carbocycles. The van der Waals surface area contributed by atoms with E-state index in [9.17, 15) is 8.42 Å². The number of aromatic nitrogens is 3. The minimum absolute atomic E-state index is 0.0163. The monoisotopic (exact) mass is 362 g/mol. The van der Waals surface area contributed by atoms with E-state index in [0.29, 0.717) is 11.6 Å². The molecular weight excluding hydrogens is 348 g/mol. The van der Waals surface area contributed by atoms with Gasteiger partial charge in [-0.15, -0.1) is 5.10 Å². The lowest BCUT2D eigenvalue weighted by Crippen LogP contribution is -2.14. The summed E-state index contributed by atoms with van der Waals surface area (Å²) in [6.45, 7) is 2.29. The van der Waals surface area contributed by atoms with Crippen LogP contribution in [0.15, 0.2) is 59.8 Å². The molecule has 0 fully saturated rings. The molecule has 0 spiro atoms. The highest BCUT2D eigenvalue weighted by Crippen LogP contribution is 2.17. The molecule has 0 aliphatic heterocycles. The van der Waals surface area contributed by atoms with Gasteiger partial charge in [-0.1, -0.05) is 47.5 Å². The molecule has 124 valence electrons. The van der Waals surface area contributed by atoms with E-state index in [4.69, 9.17) is 11.6 Å². The second-order valence-corrected chi connectivity index (χ2v) is 7.37. The van der Waals surface area contributed by atoms with Gasteiger partial charge in [-0.05, 0) is 30.7 Å². The fourth-order valence-electron chi connectivity index (χ4n) is 2.12. The summed E-state index contributed by atoms with van der Waals surface area (Å²) in [6.07, 6.45) is 1.45. The van der Waals surface area contributed by atoms with E-state index >= 15 is 0 Å². The van der Waals surface area contributed by atoms with Crippen LogP contribution in [-0.2, 0) is 16.6 Å². The average molecular weight is 363 g/mol. The van der Waals surface area contributed by atoms with Gasteiger partial charge >= 0.3 is 0 Å². The third-order valence-corrected chi connectivity index (χ3v) is 5.10. The lowest BCUT2D eigenvalue weighted by molar-refractivity contribution is 0.600. The summed E-state index contributed by atoms with van der Waals surface area (Å²) in [5, 5.41) is 4.75. The lowest BCUT2D eigenvalue weighted by atomic mass is 10.2. The molecule has 3 aromatic rings. The topological polar surface area (TPSA) is 76.9 Å². The van der Waals surface area contributed by atoms with Crippen molar-refractivity contribution < 1.29 is 8.42 Å². The summed E-state index contributed by atoms with van der Waals surface area (Å²) in [5.74, 6) is 0.0163. The fourth-order valence-corrected chi connectivity index (χ4v) is 3.26. The molecule has 24 heavy (non-hydrogen) atoms. The van der Waals surface area contributed by atoms with Gasteiger partial charge in [0, 0.05) is 5.02 Å². The Morgan fingerprint density at radius 2 is 1.83 bits per heavy atom. The van der Waals surface area contributed by atoms with Crippen molar-refractivity contribution in [2.45, 2.75) is 18.4 Å². The van der Waals surface area contributed by atoms with E-state index < -0.39 is 10.0 Å². The summed E-state index contributed by atoms with van der Waals surface area (Å²) < 4.78 is 28.5. The molecular formula is C16H15ClN4O2S. The van der Waals surface area contributed by atoms with Crippen LogP contribution in [0.25, 0.3) is 0 Å². The molecule has 8 heteroatoms. The number of halogens is 1. The van der Waals surface area contributed by atoms with Crippen LogP contribution >= 0.6 is 11.6 Å². The van der Waals surface area contributed by atoms with E-state index in [2.05, 4.69) is 14.8 Å². The van der Waals surface area contributed by atoms with Crippen molar-refractivity contribution >= 4 is 27.6 Å². The molecule has 1 heterocycles. The van der Waals surface area contributed by atoms with Gasteiger partial charge in [0.05, 0.1) is 11.4 Å². The number of nitrogens with zero attached hydrogens (tertiary/aromatic N) is 3. The van der Waals surface area contributed by atoms with Crippen LogP contribution in [0.2, 0.25) is 5.02 Å². The van der Waals surface area contributed by atoms with Crippen molar-refractivity contribution in [3.63, 3.8) is 0 Å². The molecule has 0 bridgehead atoms. The van der Waals surface area contributed by atoms with Crippen LogP contribution in [0.3, 0.4) is 0 Å². The molecule has 0 aliphatic rings. The van der Waals surface area contributed by atoms with Crippen LogP contribution in [-0.4, -0.2) is 23.2 Å². The Hall–Kier alpha value is -2.38. The maximum atomic E-state index is 12.3. The van der Waals surface area contributed by atoms with Gasteiger partial charge in [-0.2, -0.15) is 4.98 Å². The van der Waals surface area contributed by atoms with E-state index in [1.165, 1.54) is 11.0 Å². The second kappa shape index (κ2) is 6.62. The van der Waals surface area contributed by atoms with Crippen molar-refractivity contribution in [1.82, 2.24) is 14.8 Å².